The summed E-state index contributed by atoms with van der Waals surface area (Å²) in [4.78, 5) is 12.2. The molecule has 26 heavy (non-hydrogen) atoms. The van der Waals surface area contributed by atoms with Gasteiger partial charge >= 0.3 is 0 Å². The van der Waals surface area contributed by atoms with Crippen molar-refractivity contribution in [3.63, 3.8) is 0 Å². The van der Waals surface area contributed by atoms with E-state index >= 15 is 0 Å². The van der Waals surface area contributed by atoms with Gasteiger partial charge < -0.3 is 9.73 Å². The number of carbonyl (C=O) groups is 1. The lowest BCUT2D eigenvalue weighted by atomic mass is 10.2. The highest BCUT2D eigenvalue weighted by molar-refractivity contribution is 7.99. The van der Waals surface area contributed by atoms with Crippen LogP contribution in [0.25, 0.3) is 11.4 Å². The second-order valence-corrected chi connectivity index (χ2v) is 7.31. The largest absolute Gasteiger partial charge is 0.469 e. The van der Waals surface area contributed by atoms with Crippen LogP contribution < -0.4 is 5.32 Å². The van der Waals surface area contributed by atoms with E-state index in [-0.39, 0.29) is 17.7 Å². The number of aromatic nitrogens is 3. The summed E-state index contributed by atoms with van der Waals surface area (Å²) in [6.45, 7) is 8.05. The fourth-order valence-corrected chi connectivity index (χ4v) is 3.47. The van der Waals surface area contributed by atoms with Gasteiger partial charge in [-0.3, -0.25) is 9.36 Å². The molecule has 0 spiro atoms. The summed E-state index contributed by atoms with van der Waals surface area (Å²) in [7, 11) is 0. The molecule has 7 heteroatoms. The van der Waals surface area contributed by atoms with E-state index in [1.807, 2.05) is 48.7 Å². The lowest BCUT2D eigenvalue weighted by Gasteiger charge is -2.13. The molecule has 2 heterocycles. The van der Waals surface area contributed by atoms with Crippen LogP contribution in [0.15, 0.2) is 46.2 Å². The monoisotopic (exact) mass is 370 g/mol. The van der Waals surface area contributed by atoms with Crippen LogP contribution in [0.2, 0.25) is 0 Å². The van der Waals surface area contributed by atoms with Crippen molar-refractivity contribution in [1.29, 1.82) is 0 Å². The summed E-state index contributed by atoms with van der Waals surface area (Å²) in [6, 6.07) is 9.78. The topological polar surface area (TPSA) is 73.0 Å². The molecule has 1 N–H and O–H groups in total. The van der Waals surface area contributed by atoms with E-state index < -0.39 is 0 Å². The molecular weight excluding hydrogens is 348 g/mol. The van der Waals surface area contributed by atoms with Crippen molar-refractivity contribution in [2.75, 3.05) is 11.1 Å². The summed E-state index contributed by atoms with van der Waals surface area (Å²) >= 11 is 1.38. The van der Waals surface area contributed by atoms with Gasteiger partial charge in [0.1, 0.15) is 5.76 Å². The van der Waals surface area contributed by atoms with E-state index in [4.69, 9.17) is 4.42 Å². The Balaban J connectivity index is 1.72. The minimum Gasteiger partial charge on any atom is -0.469 e. The molecule has 0 radical (unpaired) electrons. The standard InChI is InChI=1S/C19H22N4O2S/c1-12(2)23-18(16-9-10-25-14(16)4)21-22-19(23)26-11-17(24)20-15-7-5-13(3)6-8-15/h5-10,12H,11H2,1-4H3,(H,20,24). The van der Waals surface area contributed by atoms with Crippen LogP contribution in [0.5, 0.6) is 0 Å². The molecule has 136 valence electrons. The minimum absolute atomic E-state index is 0.0711. The van der Waals surface area contributed by atoms with Crippen LogP contribution in [0, 0.1) is 13.8 Å². The first-order valence-electron chi connectivity index (χ1n) is 8.44. The van der Waals surface area contributed by atoms with Crippen molar-refractivity contribution in [1.82, 2.24) is 14.8 Å². The number of benzene rings is 1. The molecule has 1 aromatic carbocycles. The van der Waals surface area contributed by atoms with Gasteiger partial charge in [0, 0.05) is 11.7 Å². The molecular formula is C19H22N4O2S. The number of thioether (sulfide) groups is 1. The molecule has 2 aromatic heterocycles. The predicted octanol–water partition coefficient (Wildman–Crippen LogP) is 4.47. The van der Waals surface area contributed by atoms with Crippen molar-refractivity contribution < 1.29 is 9.21 Å². The molecule has 0 bridgehead atoms. The first-order chi connectivity index (χ1) is 12.5. The maximum atomic E-state index is 12.2. The highest BCUT2D eigenvalue weighted by atomic mass is 32.2. The van der Waals surface area contributed by atoms with Crippen molar-refractivity contribution >= 4 is 23.4 Å². The Bertz CT molecular complexity index is 897. The molecule has 6 nitrogen and oxygen atoms in total. The fraction of sp³-hybridized carbons (Fsp3) is 0.316. The molecule has 0 aliphatic rings. The van der Waals surface area contributed by atoms with Crippen LogP contribution in [0.4, 0.5) is 5.69 Å². The van der Waals surface area contributed by atoms with Gasteiger partial charge in [0.15, 0.2) is 11.0 Å². The van der Waals surface area contributed by atoms with Gasteiger partial charge in [-0.25, -0.2) is 0 Å². The SMILES string of the molecule is Cc1ccc(NC(=O)CSc2nnc(-c3ccoc3C)n2C(C)C)cc1. The van der Waals surface area contributed by atoms with Gasteiger partial charge in [-0.05, 0) is 45.9 Å². The highest BCUT2D eigenvalue weighted by Crippen LogP contribution is 2.30. The van der Waals surface area contributed by atoms with Gasteiger partial charge in [0.25, 0.3) is 0 Å². The Morgan fingerprint density at radius 2 is 1.92 bits per heavy atom. The maximum Gasteiger partial charge on any atom is 0.234 e. The highest BCUT2D eigenvalue weighted by Gasteiger charge is 2.20. The zero-order valence-electron chi connectivity index (χ0n) is 15.3. The Labute approximate surface area is 157 Å². The van der Waals surface area contributed by atoms with Crippen LogP contribution in [-0.4, -0.2) is 26.4 Å². The third-order valence-electron chi connectivity index (χ3n) is 3.95. The second-order valence-electron chi connectivity index (χ2n) is 6.36. The van der Waals surface area contributed by atoms with E-state index in [0.29, 0.717) is 0 Å². The van der Waals surface area contributed by atoms with E-state index in [1.165, 1.54) is 11.8 Å². The predicted molar refractivity (Wildman–Crippen MR) is 103 cm³/mol. The summed E-state index contributed by atoms with van der Waals surface area (Å²) < 4.78 is 7.41. The van der Waals surface area contributed by atoms with E-state index in [9.17, 15) is 4.79 Å². The Hall–Kier alpha value is -2.54. The Morgan fingerprint density at radius 3 is 2.54 bits per heavy atom. The number of carbonyl (C=O) groups excluding carboxylic acids is 1. The first kappa shape index (κ1) is 18.3. The molecule has 3 aromatic rings. The van der Waals surface area contributed by atoms with Gasteiger partial charge in [0.2, 0.25) is 5.91 Å². The molecule has 0 atom stereocenters. The average Bonchev–Trinajstić information content (AvgIpc) is 3.20. The van der Waals surface area contributed by atoms with Gasteiger partial charge in [0.05, 0.1) is 17.6 Å². The molecule has 0 fully saturated rings. The second kappa shape index (κ2) is 7.78. The van der Waals surface area contributed by atoms with Gasteiger partial charge in [-0.15, -0.1) is 10.2 Å². The lowest BCUT2D eigenvalue weighted by molar-refractivity contribution is -0.113. The number of nitrogens with one attached hydrogen (secondary N) is 1. The normalized spacial score (nSPS) is 11.1. The first-order valence-corrected chi connectivity index (χ1v) is 9.43. The summed E-state index contributed by atoms with van der Waals surface area (Å²) in [5.74, 6) is 1.75. The van der Waals surface area contributed by atoms with Crippen molar-refractivity contribution in [2.24, 2.45) is 0 Å². The number of furan rings is 1. The van der Waals surface area contributed by atoms with Crippen molar-refractivity contribution in [3.05, 3.63) is 47.9 Å². The molecule has 3 rings (SSSR count). The van der Waals surface area contributed by atoms with E-state index in [0.717, 1.165) is 33.6 Å². The number of aryl methyl sites for hydroxylation is 2. The van der Waals surface area contributed by atoms with Crippen molar-refractivity contribution in [3.8, 4) is 11.4 Å². The third-order valence-corrected chi connectivity index (χ3v) is 4.89. The molecule has 0 aliphatic carbocycles. The van der Waals surface area contributed by atoms with Gasteiger partial charge in [-0.2, -0.15) is 0 Å². The van der Waals surface area contributed by atoms with Gasteiger partial charge in [-0.1, -0.05) is 29.5 Å². The molecule has 0 aliphatic heterocycles. The molecule has 0 saturated heterocycles. The van der Waals surface area contributed by atoms with E-state index in [1.54, 1.807) is 6.26 Å². The van der Waals surface area contributed by atoms with Crippen LogP contribution >= 0.6 is 11.8 Å². The van der Waals surface area contributed by atoms with Crippen LogP contribution in [0.1, 0.15) is 31.2 Å². The summed E-state index contributed by atoms with van der Waals surface area (Å²) in [5.41, 5.74) is 2.87. The average molecular weight is 370 g/mol. The fourth-order valence-electron chi connectivity index (χ4n) is 2.61. The minimum atomic E-state index is -0.0711. The number of anilines is 1. The zero-order chi connectivity index (χ0) is 18.7. The molecule has 0 unspecified atom stereocenters. The summed E-state index contributed by atoms with van der Waals surface area (Å²) in [6.07, 6.45) is 1.64. The Kier molecular flexibility index (Phi) is 5.46. The quantitative estimate of drug-likeness (QED) is 0.648. The maximum absolute atomic E-state index is 12.2. The van der Waals surface area contributed by atoms with Crippen LogP contribution in [0.3, 0.4) is 0 Å². The number of hydrogen-bond acceptors (Lipinski definition) is 5. The third kappa shape index (κ3) is 3.99. The Morgan fingerprint density at radius 1 is 1.19 bits per heavy atom. The number of amides is 1. The zero-order valence-corrected chi connectivity index (χ0v) is 16.1. The molecule has 1 amide bonds. The number of hydrogen-bond donors (Lipinski definition) is 1. The smallest absolute Gasteiger partial charge is 0.234 e. The van der Waals surface area contributed by atoms with E-state index in [2.05, 4.69) is 29.4 Å². The number of nitrogens with zero attached hydrogens (tertiary/aromatic N) is 3. The lowest BCUT2D eigenvalue weighted by Crippen LogP contribution is -2.15. The summed E-state index contributed by atoms with van der Waals surface area (Å²) in [5, 5.41) is 12.2. The van der Waals surface area contributed by atoms with Crippen molar-refractivity contribution in [2.45, 2.75) is 38.9 Å². The van der Waals surface area contributed by atoms with Crippen LogP contribution in [-0.2, 0) is 4.79 Å². The number of rotatable bonds is 6. The molecule has 0 saturated carbocycles.